The molecule has 5 atom stereocenters. The maximum atomic E-state index is 12.1. The van der Waals surface area contributed by atoms with Crippen LogP contribution in [0.3, 0.4) is 0 Å². The van der Waals surface area contributed by atoms with Crippen LogP contribution in [0.25, 0.3) is 0 Å². The van der Waals surface area contributed by atoms with Crippen molar-refractivity contribution in [2.24, 2.45) is 16.8 Å². The summed E-state index contributed by atoms with van der Waals surface area (Å²) < 4.78 is 6.11. The Balaban J connectivity index is 1.51. The van der Waals surface area contributed by atoms with E-state index in [9.17, 15) is 4.79 Å². The Bertz CT molecular complexity index is 672. The molecule has 2 bridgehead atoms. The Morgan fingerprint density at radius 1 is 1.37 bits per heavy atom. The summed E-state index contributed by atoms with van der Waals surface area (Å²) in [6, 6.07) is 4.49. The number of fused-ring (bicyclic) bond motifs is 5. The summed E-state index contributed by atoms with van der Waals surface area (Å²) in [4.78, 5) is 22.1. The van der Waals surface area contributed by atoms with Crippen LogP contribution in [0.1, 0.15) is 37.1 Å². The van der Waals surface area contributed by atoms with Gasteiger partial charge in [0.15, 0.2) is 5.96 Å². The lowest BCUT2D eigenvalue weighted by Gasteiger charge is -2.27. The number of amides is 1. The first kappa shape index (κ1) is 18.7. The number of likely N-dealkylation sites (N-methyl/N-ethyl adjacent to an activating group) is 1. The summed E-state index contributed by atoms with van der Waals surface area (Å²) in [7, 11) is 3.56. The summed E-state index contributed by atoms with van der Waals surface area (Å²) in [5.74, 6) is 2.13. The molecule has 27 heavy (non-hydrogen) atoms. The second kappa shape index (κ2) is 7.80. The monoisotopic (exact) mass is 390 g/mol. The Morgan fingerprint density at radius 3 is 2.63 bits per heavy atom. The molecule has 3 aliphatic heterocycles. The van der Waals surface area contributed by atoms with Crippen LogP contribution in [0.5, 0.6) is 0 Å². The molecule has 3 aliphatic rings. The van der Waals surface area contributed by atoms with Crippen molar-refractivity contribution in [3.8, 4) is 0 Å². The molecule has 0 radical (unpaired) electrons. The third kappa shape index (κ3) is 3.72. The van der Waals surface area contributed by atoms with Crippen molar-refractivity contribution in [1.29, 1.82) is 0 Å². The summed E-state index contributed by atoms with van der Waals surface area (Å²) in [5.41, 5.74) is 0. The van der Waals surface area contributed by atoms with Gasteiger partial charge in [0.05, 0.1) is 18.2 Å². The minimum atomic E-state index is 0.0289. The lowest BCUT2D eigenvalue weighted by atomic mass is 9.82. The van der Waals surface area contributed by atoms with Crippen molar-refractivity contribution < 1.29 is 9.53 Å². The fraction of sp³-hybridized carbons (Fsp3) is 0.700. The quantitative estimate of drug-likeness (QED) is 0.619. The van der Waals surface area contributed by atoms with Crippen LogP contribution in [0.15, 0.2) is 22.5 Å². The second-order valence-corrected chi connectivity index (χ2v) is 9.05. The molecule has 7 heteroatoms. The average molecular weight is 391 g/mol. The number of thiophene rings is 1. The molecule has 0 spiro atoms. The molecule has 3 saturated heterocycles. The Kier molecular flexibility index (Phi) is 5.41. The van der Waals surface area contributed by atoms with Crippen LogP contribution in [0.2, 0.25) is 0 Å². The molecule has 148 valence electrons. The number of ether oxygens (including phenoxy) is 1. The highest BCUT2D eigenvalue weighted by Gasteiger charge is 2.53. The number of likely N-dealkylation sites (tertiary alicyclic amines) is 1. The molecule has 1 aromatic heterocycles. The maximum Gasteiger partial charge on any atom is 0.243 e. The number of hydrogen-bond acceptors (Lipinski definition) is 4. The van der Waals surface area contributed by atoms with E-state index in [0.717, 1.165) is 25.5 Å². The molecule has 1 N–H and O–H groups in total. The number of hydrogen-bond donors (Lipinski definition) is 1. The average Bonchev–Trinajstić information content (AvgIpc) is 3.43. The topological polar surface area (TPSA) is 57.2 Å². The molecule has 6 nitrogen and oxygen atoms in total. The normalized spacial score (nSPS) is 30.5. The third-order valence-corrected chi connectivity index (χ3v) is 7.20. The van der Waals surface area contributed by atoms with Gasteiger partial charge in [0.25, 0.3) is 0 Å². The molecule has 0 aliphatic carbocycles. The Morgan fingerprint density at radius 2 is 2.07 bits per heavy atom. The van der Waals surface area contributed by atoms with Crippen molar-refractivity contribution >= 4 is 23.2 Å². The molecule has 5 unspecified atom stereocenters. The van der Waals surface area contributed by atoms with E-state index < -0.39 is 0 Å². The summed E-state index contributed by atoms with van der Waals surface area (Å²) in [5, 5.41) is 5.77. The molecular formula is C20H30N4O2S. The van der Waals surface area contributed by atoms with Gasteiger partial charge in [0.2, 0.25) is 5.91 Å². The number of carbonyl (C=O) groups excluding carboxylic acids is 1. The minimum Gasteiger partial charge on any atom is -0.374 e. The SMILES string of the molecule is CCC(NC(=NCC(=O)N(C)C)N1CC2C3CCC(O3)C2C1)c1cccs1. The number of carbonyl (C=O) groups is 1. The van der Waals surface area contributed by atoms with E-state index in [1.54, 1.807) is 30.3 Å². The molecule has 4 heterocycles. The van der Waals surface area contributed by atoms with Gasteiger partial charge in [-0.05, 0) is 30.7 Å². The lowest BCUT2D eigenvalue weighted by Crippen LogP contribution is -2.43. The molecule has 0 saturated carbocycles. The molecule has 4 rings (SSSR count). The summed E-state index contributed by atoms with van der Waals surface area (Å²) in [6.45, 7) is 4.33. The van der Waals surface area contributed by atoms with E-state index >= 15 is 0 Å². The minimum absolute atomic E-state index is 0.0289. The zero-order valence-corrected chi connectivity index (χ0v) is 17.2. The van der Waals surface area contributed by atoms with E-state index in [4.69, 9.17) is 9.73 Å². The van der Waals surface area contributed by atoms with Crippen LogP contribution in [0, 0.1) is 11.8 Å². The molecule has 1 amide bonds. The van der Waals surface area contributed by atoms with Gasteiger partial charge in [-0.15, -0.1) is 11.3 Å². The zero-order valence-electron chi connectivity index (χ0n) is 16.4. The number of aliphatic imine (C=N–C) groups is 1. The van der Waals surface area contributed by atoms with Gasteiger partial charge >= 0.3 is 0 Å². The van der Waals surface area contributed by atoms with Gasteiger partial charge in [-0.1, -0.05) is 13.0 Å². The zero-order chi connectivity index (χ0) is 19.0. The first-order chi connectivity index (χ1) is 13.1. The molecule has 1 aromatic rings. The number of rotatable bonds is 5. The van der Waals surface area contributed by atoms with E-state index in [0.29, 0.717) is 24.0 Å². The standard InChI is InChI=1S/C20H30N4O2S/c1-4-15(18-6-5-9-27-18)22-20(21-10-19(25)23(2)3)24-11-13-14(12-24)17-8-7-16(13)26-17/h5-6,9,13-17H,4,7-8,10-12H2,1-3H3,(H,21,22). The lowest BCUT2D eigenvalue weighted by molar-refractivity contribution is -0.127. The predicted octanol–water partition coefficient (Wildman–Crippen LogP) is 2.34. The predicted molar refractivity (Wildman–Crippen MR) is 108 cm³/mol. The van der Waals surface area contributed by atoms with Gasteiger partial charge in [0.1, 0.15) is 6.54 Å². The van der Waals surface area contributed by atoms with Gasteiger partial charge in [-0.25, -0.2) is 4.99 Å². The first-order valence-corrected chi connectivity index (χ1v) is 10.9. The summed E-state index contributed by atoms with van der Waals surface area (Å²) in [6.07, 6.45) is 4.23. The van der Waals surface area contributed by atoms with E-state index in [1.165, 1.54) is 17.7 Å². The second-order valence-electron chi connectivity index (χ2n) is 8.07. The smallest absolute Gasteiger partial charge is 0.243 e. The van der Waals surface area contributed by atoms with Gasteiger partial charge in [-0.3, -0.25) is 4.79 Å². The van der Waals surface area contributed by atoms with Crippen LogP contribution in [-0.4, -0.2) is 67.6 Å². The fourth-order valence-electron chi connectivity index (χ4n) is 4.67. The first-order valence-electron chi connectivity index (χ1n) is 10.0. The van der Waals surface area contributed by atoms with Crippen molar-refractivity contribution in [1.82, 2.24) is 15.1 Å². The van der Waals surface area contributed by atoms with E-state index in [-0.39, 0.29) is 18.5 Å². The number of nitrogens with one attached hydrogen (secondary N) is 1. The number of guanidine groups is 1. The molecule has 3 fully saturated rings. The largest absolute Gasteiger partial charge is 0.374 e. The van der Waals surface area contributed by atoms with Crippen molar-refractivity contribution in [3.63, 3.8) is 0 Å². The Labute approximate surface area is 165 Å². The third-order valence-electron chi connectivity index (χ3n) is 6.21. The van der Waals surface area contributed by atoms with Crippen LogP contribution >= 0.6 is 11.3 Å². The van der Waals surface area contributed by atoms with Crippen molar-refractivity contribution in [2.45, 2.75) is 44.4 Å². The van der Waals surface area contributed by atoms with Crippen LogP contribution in [0.4, 0.5) is 0 Å². The van der Waals surface area contributed by atoms with E-state index in [1.807, 2.05) is 0 Å². The van der Waals surface area contributed by atoms with Gasteiger partial charge in [0, 0.05) is 43.9 Å². The highest BCUT2D eigenvalue weighted by molar-refractivity contribution is 7.10. The summed E-state index contributed by atoms with van der Waals surface area (Å²) >= 11 is 1.77. The van der Waals surface area contributed by atoms with E-state index in [2.05, 4.69) is 34.7 Å². The number of nitrogens with zero attached hydrogens (tertiary/aromatic N) is 3. The highest BCUT2D eigenvalue weighted by Crippen LogP contribution is 2.47. The van der Waals surface area contributed by atoms with Crippen molar-refractivity contribution in [2.75, 3.05) is 33.7 Å². The van der Waals surface area contributed by atoms with Gasteiger partial charge in [-0.2, -0.15) is 0 Å². The molecule has 0 aromatic carbocycles. The van der Waals surface area contributed by atoms with Crippen molar-refractivity contribution in [3.05, 3.63) is 22.4 Å². The maximum absolute atomic E-state index is 12.1. The van der Waals surface area contributed by atoms with Gasteiger partial charge < -0.3 is 19.9 Å². The molecular weight excluding hydrogens is 360 g/mol. The Hall–Kier alpha value is -1.60. The highest BCUT2D eigenvalue weighted by atomic mass is 32.1. The van der Waals surface area contributed by atoms with Crippen LogP contribution in [-0.2, 0) is 9.53 Å². The fourth-order valence-corrected chi connectivity index (χ4v) is 5.53. The van der Waals surface area contributed by atoms with Crippen LogP contribution < -0.4 is 5.32 Å².